The van der Waals surface area contributed by atoms with Crippen molar-refractivity contribution in [2.24, 2.45) is 0 Å². The molecular formula is C7H11NO. The maximum absolute atomic E-state index is 5.05. The standard InChI is InChI=1S/C7H11NO/c1-8(2)7-4-3-5-9-6-7/h3-5H,6H2,1-2H3. The topological polar surface area (TPSA) is 12.5 Å². The van der Waals surface area contributed by atoms with Crippen LogP contribution in [0.3, 0.4) is 0 Å². The molecule has 9 heavy (non-hydrogen) atoms. The molecule has 1 aliphatic rings. The van der Waals surface area contributed by atoms with Crippen molar-refractivity contribution in [2.75, 3.05) is 20.7 Å². The molecule has 0 aromatic rings. The highest BCUT2D eigenvalue weighted by Crippen LogP contribution is 2.04. The molecule has 0 aliphatic carbocycles. The zero-order chi connectivity index (χ0) is 6.69. The molecule has 0 N–H and O–H groups in total. The smallest absolute Gasteiger partial charge is 0.127 e. The molecule has 0 atom stereocenters. The van der Waals surface area contributed by atoms with Crippen molar-refractivity contribution in [3.8, 4) is 0 Å². The molecule has 0 fully saturated rings. The molecule has 1 rings (SSSR count). The number of hydrogen-bond donors (Lipinski definition) is 0. The van der Waals surface area contributed by atoms with Crippen molar-refractivity contribution in [1.82, 2.24) is 4.90 Å². The number of likely N-dealkylation sites (N-methyl/N-ethyl adjacent to an activating group) is 1. The summed E-state index contributed by atoms with van der Waals surface area (Å²) in [4.78, 5) is 2.05. The summed E-state index contributed by atoms with van der Waals surface area (Å²) < 4.78 is 5.05. The molecule has 0 saturated carbocycles. The van der Waals surface area contributed by atoms with E-state index in [0.717, 1.165) is 0 Å². The Hall–Kier alpha value is -0.920. The molecule has 0 bridgehead atoms. The van der Waals surface area contributed by atoms with Crippen LogP contribution < -0.4 is 0 Å². The summed E-state index contributed by atoms with van der Waals surface area (Å²) in [6, 6.07) is 0. The van der Waals surface area contributed by atoms with Crippen LogP contribution in [0.4, 0.5) is 0 Å². The Labute approximate surface area is 55.4 Å². The average molecular weight is 125 g/mol. The Morgan fingerprint density at radius 1 is 1.56 bits per heavy atom. The molecule has 0 unspecified atom stereocenters. The molecule has 0 amide bonds. The summed E-state index contributed by atoms with van der Waals surface area (Å²) in [5.41, 5.74) is 1.21. The Morgan fingerprint density at radius 2 is 2.33 bits per heavy atom. The minimum absolute atomic E-state index is 0.698. The zero-order valence-corrected chi connectivity index (χ0v) is 5.79. The summed E-state index contributed by atoms with van der Waals surface area (Å²) in [6.07, 6.45) is 5.65. The molecule has 0 spiro atoms. The van der Waals surface area contributed by atoms with Gasteiger partial charge in [0.2, 0.25) is 0 Å². The van der Waals surface area contributed by atoms with Gasteiger partial charge in [0.25, 0.3) is 0 Å². The van der Waals surface area contributed by atoms with Gasteiger partial charge in [0.05, 0.1) is 12.0 Å². The summed E-state index contributed by atoms with van der Waals surface area (Å²) in [5, 5.41) is 0. The fourth-order valence-corrected chi connectivity index (χ4v) is 0.666. The number of allylic oxidation sites excluding steroid dienone is 2. The van der Waals surface area contributed by atoms with Crippen LogP contribution >= 0.6 is 0 Å². The molecule has 1 aliphatic heterocycles. The van der Waals surface area contributed by atoms with Crippen molar-refractivity contribution < 1.29 is 4.74 Å². The maximum Gasteiger partial charge on any atom is 0.127 e. The lowest BCUT2D eigenvalue weighted by atomic mass is 10.3. The third-order valence-electron chi connectivity index (χ3n) is 1.27. The van der Waals surface area contributed by atoms with Crippen LogP contribution in [0.2, 0.25) is 0 Å². The lowest BCUT2D eigenvalue weighted by Crippen LogP contribution is -2.16. The van der Waals surface area contributed by atoms with Crippen LogP contribution in [-0.2, 0) is 4.74 Å². The lowest BCUT2D eigenvalue weighted by molar-refractivity contribution is 0.245. The summed E-state index contributed by atoms with van der Waals surface area (Å²) in [5.74, 6) is 0. The third kappa shape index (κ3) is 1.49. The van der Waals surface area contributed by atoms with Crippen molar-refractivity contribution in [2.45, 2.75) is 0 Å². The highest BCUT2D eigenvalue weighted by Gasteiger charge is 1.99. The molecule has 50 valence electrons. The second kappa shape index (κ2) is 2.58. The van der Waals surface area contributed by atoms with E-state index in [4.69, 9.17) is 4.74 Å². The molecule has 0 radical (unpaired) electrons. The van der Waals surface area contributed by atoms with E-state index in [1.807, 2.05) is 31.1 Å². The van der Waals surface area contributed by atoms with Gasteiger partial charge in [-0.25, -0.2) is 0 Å². The second-order valence-corrected chi connectivity index (χ2v) is 2.19. The van der Waals surface area contributed by atoms with Crippen LogP contribution in [0.5, 0.6) is 0 Å². The lowest BCUT2D eigenvalue weighted by Gasteiger charge is -2.17. The Bertz CT molecular complexity index is 147. The van der Waals surface area contributed by atoms with Crippen LogP contribution in [-0.4, -0.2) is 25.6 Å². The predicted molar refractivity (Wildman–Crippen MR) is 36.9 cm³/mol. The first-order valence-corrected chi connectivity index (χ1v) is 2.95. The number of ether oxygens (including phenoxy) is 1. The largest absolute Gasteiger partial charge is 0.495 e. The first-order chi connectivity index (χ1) is 4.30. The maximum atomic E-state index is 5.05. The highest BCUT2D eigenvalue weighted by molar-refractivity contribution is 5.13. The van der Waals surface area contributed by atoms with Gasteiger partial charge < -0.3 is 9.64 Å². The average Bonchev–Trinajstić information content (AvgIpc) is 1.90. The minimum atomic E-state index is 0.698. The SMILES string of the molecule is CN(C)C1=CC=COC1. The van der Waals surface area contributed by atoms with Crippen LogP contribution in [0.1, 0.15) is 0 Å². The predicted octanol–water partition coefficient (Wildman–Crippen LogP) is 0.976. The third-order valence-corrected chi connectivity index (χ3v) is 1.27. The summed E-state index contributed by atoms with van der Waals surface area (Å²) in [6.45, 7) is 0.698. The van der Waals surface area contributed by atoms with E-state index in [1.165, 1.54) is 5.70 Å². The molecule has 0 saturated heterocycles. The Kier molecular flexibility index (Phi) is 1.78. The van der Waals surface area contributed by atoms with Gasteiger partial charge >= 0.3 is 0 Å². The molecule has 0 aromatic carbocycles. The van der Waals surface area contributed by atoms with Gasteiger partial charge in [0.1, 0.15) is 6.61 Å². The normalized spacial score (nSPS) is 16.4. The van der Waals surface area contributed by atoms with Gasteiger partial charge in [0, 0.05) is 14.1 Å². The van der Waals surface area contributed by atoms with E-state index >= 15 is 0 Å². The van der Waals surface area contributed by atoms with Gasteiger partial charge in [-0.05, 0) is 12.2 Å². The van der Waals surface area contributed by atoms with Gasteiger partial charge in [-0.3, -0.25) is 0 Å². The van der Waals surface area contributed by atoms with Crippen molar-refractivity contribution in [3.05, 3.63) is 24.1 Å². The number of rotatable bonds is 1. The second-order valence-electron chi connectivity index (χ2n) is 2.19. The van der Waals surface area contributed by atoms with E-state index in [2.05, 4.69) is 0 Å². The quantitative estimate of drug-likeness (QED) is 0.518. The van der Waals surface area contributed by atoms with Crippen molar-refractivity contribution in [3.63, 3.8) is 0 Å². The first kappa shape index (κ1) is 6.20. The fourth-order valence-electron chi connectivity index (χ4n) is 0.666. The summed E-state index contributed by atoms with van der Waals surface area (Å²) >= 11 is 0. The van der Waals surface area contributed by atoms with E-state index < -0.39 is 0 Å². The van der Waals surface area contributed by atoms with Crippen LogP contribution in [0, 0.1) is 0 Å². The molecular weight excluding hydrogens is 114 g/mol. The highest BCUT2D eigenvalue weighted by atomic mass is 16.5. The zero-order valence-electron chi connectivity index (χ0n) is 5.79. The van der Waals surface area contributed by atoms with E-state index in [9.17, 15) is 0 Å². The Balaban J connectivity index is 2.57. The van der Waals surface area contributed by atoms with Gasteiger partial charge in [-0.1, -0.05) is 0 Å². The Morgan fingerprint density at radius 3 is 2.67 bits per heavy atom. The van der Waals surface area contributed by atoms with E-state index in [1.54, 1.807) is 6.26 Å². The summed E-state index contributed by atoms with van der Waals surface area (Å²) in [7, 11) is 4.02. The van der Waals surface area contributed by atoms with E-state index in [0.29, 0.717) is 6.61 Å². The monoisotopic (exact) mass is 125 g/mol. The molecule has 0 aromatic heterocycles. The van der Waals surface area contributed by atoms with Crippen LogP contribution in [0.15, 0.2) is 24.1 Å². The minimum Gasteiger partial charge on any atom is -0.495 e. The number of nitrogens with zero attached hydrogens (tertiary/aromatic N) is 1. The van der Waals surface area contributed by atoms with Gasteiger partial charge in [0.15, 0.2) is 0 Å². The van der Waals surface area contributed by atoms with E-state index in [-0.39, 0.29) is 0 Å². The van der Waals surface area contributed by atoms with Gasteiger partial charge in [-0.15, -0.1) is 0 Å². The molecule has 1 heterocycles. The fraction of sp³-hybridized carbons (Fsp3) is 0.429. The van der Waals surface area contributed by atoms with Crippen molar-refractivity contribution in [1.29, 1.82) is 0 Å². The van der Waals surface area contributed by atoms with Crippen LogP contribution in [0.25, 0.3) is 0 Å². The molecule has 2 nitrogen and oxygen atoms in total. The first-order valence-electron chi connectivity index (χ1n) is 2.95. The van der Waals surface area contributed by atoms with Crippen molar-refractivity contribution >= 4 is 0 Å². The number of hydrogen-bond acceptors (Lipinski definition) is 2. The molecule has 2 heteroatoms. The van der Waals surface area contributed by atoms with Gasteiger partial charge in [-0.2, -0.15) is 0 Å².